The van der Waals surface area contributed by atoms with E-state index in [9.17, 15) is 0 Å². The second-order valence-electron chi connectivity index (χ2n) is 1.59. The molecule has 0 bridgehead atoms. The number of hydrazine groups is 1. The summed E-state index contributed by atoms with van der Waals surface area (Å²) in [5, 5.41) is 0. The summed E-state index contributed by atoms with van der Waals surface area (Å²) >= 11 is 0. The predicted molar refractivity (Wildman–Crippen MR) is 42.9 cm³/mol. The van der Waals surface area contributed by atoms with E-state index in [1.54, 1.807) is 0 Å². The van der Waals surface area contributed by atoms with Crippen LogP contribution in [0.25, 0.3) is 0 Å². The van der Waals surface area contributed by atoms with E-state index in [-0.39, 0.29) is 0 Å². The van der Waals surface area contributed by atoms with Crippen molar-refractivity contribution in [2.45, 2.75) is 33.2 Å². The molecular weight excluding hydrogens is 112 g/mol. The number of hydrogen-bond donors (Lipinski definition) is 2. The molecule has 0 aliphatic heterocycles. The molecule has 9 heavy (non-hydrogen) atoms. The van der Waals surface area contributed by atoms with Crippen molar-refractivity contribution in [2.24, 2.45) is 5.84 Å². The van der Waals surface area contributed by atoms with Crippen molar-refractivity contribution in [2.75, 3.05) is 0 Å². The van der Waals surface area contributed by atoms with Crippen LogP contribution in [0.15, 0.2) is 12.7 Å². The summed E-state index contributed by atoms with van der Waals surface area (Å²) in [6.45, 7) is 9.55. The first-order valence-electron chi connectivity index (χ1n) is 3.38. The normalized spacial score (nSPS) is 11.1. The van der Waals surface area contributed by atoms with Gasteiger partial charge in [0.05, 0.1) is 0 Å². The SMILES string of the molecule is C=CCC(C)NN.CC. The molecule has 2 nitrogen and oxygen atoms in total. The van der Waals surface area contributed by atoms with E-state index in [1.165, 1.54) is 0 Å². The van der Waals surface area contributed by atoms with E-state index in [1.807, 2.05) is 26.8 Å². The van der Waals surface area contributed by atoms with Crippen molar-refractivity contribution in [3.63, 3.8) is 0 Å². The Hall–Kier alpha value is -0.340. The third-order valence-electron chi connectivity index (χ3n) is 0.805. The Morgan fingerprint density at radius 2 is 2.11 bits per heavy atom. The average Bonchev–Trinajstić information content (AvgIpc) is 1.93. The fourth-order valence-corrected chi connectivity index (χ4v) is 0.318. The van der Waals surface area contributed by atoms with Crippen molar-refractivity contribution < 1.29 is 0 Å². The largest absolute Gasteiger partial charge is 0.271 e. The molecule has 0 amide bonds. The first-order valence-corrected chi connectivity index (χ1v) is 3.38. The van der Waals surface area contributed by atoms with Crippen molar-refractivity contribution in [3.05, 3.63) is 12.7 Å². The maximum atomic E-state index is 5.06. The lowest BCUT2D eigenvalue weighted by Gasteiger charge is -2.03. The van der Waals surface area contributed by atoms with Crippen LogP contribution in [-0.4, -0.2) is 6.04 Å². The van der Waals surface area contributed by atoms with Crippen LogP contribution in [0, 0.1) is 0 Å². The summed E-state index contributed by atoms with van der Waals surface area (Å²) in [6, 6.07) is 0.359. The maximum Gasteiger partial charge on any atom is 0.0216 e. The monoisotopic (exact) mass is 130 g/mol. The van der Waals surface area contributed by atoms with Gasteiger partial charge in [0.2, 0.25) is 0 Å². The van der Waals surface area contributed by atoms with Crippen LogP contribution >= 0.6 is 0 Å². The standard InChI is InChI=1S/C5H12N2.C2H6/c1-3-4-5(2)7-6;1-2/h3,5,7H,1,4,6H2,2H3;1-2H3. The van der Waals surface area contributed by atoms with Gasteiger partial charge in [0.25, 0.3) is 0 Å². The van der Waals surface area contributed by atoms with Gasteiger partial charge in [0, 0.05) is 6.04 Å². The number of hydrogen-bond acceptors (Lipinski definition) is 2. The zero-order valence-corrected chi connectivity index (χ0v) is 6.65. The van der Waals surface area contributed by atoms with E-state index in [4.69, 9.17) is 5.84 Å². The molecule has 0 aromatic carbocycles. The highest BCUT2D eigenvalue weighted by Gasteiger charge is 1.89. The van der Waals surface area contributed by atoms with Crippen LogP contribution < -0.4 is 11.3 Å². The van der Waals surface area contributed by atoms with Gasteiger partial charge in [-0.3, -0.25) is 11.3 Å². The Bertz CT molecular complexity index is 52.9. The van der Waals surface area contributed by atoms with Gasteiger partial charge in [0.15, 0.2) is 0 Å². The Kier molecular flexibility index (Phi) is 13.5. The molecular formula is C7H18N2. The molecule has 0 fully saturated rings. The predicted octanol–water partition coefficient (Wildman–Crippen LogP) is 1.44. The molecule has 0 heterocycles. The maximum absolute atomic E-state index is 5.06. The Balaban J connectivity index is 0. The lowest BCUT2D eigenvalue weighted by Crippen LogP contribution is -2.31. The average molecular weight is 130 g/mol. The summed E-state index contributed by atoms with van der Waals surface area (Å²) in [7, 11) is 0. The minimum atomic E-state index is 0.359. The third-order valence-corrected chi connectivity index (χ3v) is 0.805. The molecule has 0 aliphatic carbocycles. The Morgan fingerprint density at radius 3 is 2.22 bits per heavy atom. The van der Waals surface area contributed by atoms with E-state index in [0.717, 1.165) is 6.42 Å². The number of rotatable bonds is 3. The van der Waals surface area contributed by atoms with Gasteiger partial charge in [-0.15, -0.1) is 6.58 Å². The van der Waals surface area contributed by atoms with Crippen LogP contribution in [0.4, 0.5) is 0 Å². The molecule has 56 valence electrons. The number of nitrogens with one attached hydrogen (secondary N) is 1. The molecule has 0 aromatic rings. The zero-order chi connectivity index (χ0) is 7.70. The molecule has 1 atom stereocenters. The highest BCUT2D eigenvalue weighted by Crippen LogP contribution is 1.85. The van der Waals surface area contributed by atoms with Crippen LogP contribution in [0.3, 0.4) is 0 Å². The minimum absolute atomic E-state index is 0.359. The summed E-state index contributed by atoms with van der Waals surface area (Å²) in [5.74, 6) is 5.06. The van der Waals surface area contributed by atoms with Gasteiger partial charge >= 0.3 is 0 Å². The molecule has 0 aliphatic rings. The van der Waals surface area contributed by atoms with E-state index >= 15 is 0 Å². The van der Waals surface area contributed by atoms with E-state index < -0.39 is 0 Å². The first-order chi connectivity index (χ1) is 4.31. The summed E-state index contributed by atoms with van der Waals surface area (Å²) in [5.41, 5.74) is 2.59. The van der Waals surface area contributed by atoms with Crippen molar-refractivity contribution in [3.8, 4) is 0 Å². The minimum Gasteiger partial charge on any atom is -0.271 e. The zero-order valence-electron chi connectivity index (χ0n) is 6.65. The molecule has 0 spiro atoms. The fourth-order valence-electron chi connectivity index (χ4n) is 0.318. The van der Waals surface area contributed by atoms with Crippen LogP contribution in [0.2, 0.25) is 0 Å². The van der Waals surface area contributed by atoms with Crippen molar-refractivity contribution in [1.82, 2.24) is 5.43 Å². The molecule has 0 radical (unpaired) electrons. The van der Waals surface area contributed by atoms with E-state index in [0.29, 0.717) is 6.04 Å². The lowest BCUT2D eigenvalue weighted by atomic mass is 10.2. The van der Waals surface area contributed by atoms with Crippen LogP contribution in [0.5, 0.6) is 0 Å². The summed E-state index contributed by atoms with van der Waals surface area (Å²) < 4.78 is 0. The second-order valence-corrected chi connectivity index (χ2v) is 1.59. The molecule has 1 unspecified atom stereocenters. The molecule has 2 heteroatoms. The molecule has 0 saturated heterocycles. The van der Waals surface area contributed by atoms with Gasteiger partial charge in [0.1, 0.15) is 0 Å². The fraction of sp³-hybridized carbons (Fsp3) is 0.714. The Morgan fingerprint density at radius 1 is 1.67 bits per heavy atom. The van der Waals surface area contributed by atoms with Crippen molar-refractivity contribution in [1.29, 1.82) is 0 Å². The first kappa shape index (κ1) is 11.5. The Labute approximate surface area is 58.1 Å². The third kappa shape index (κ3) is 11.3. The topological polar surface area (TPSA) is 38.0 Å². The highest BCUT2D eigenvalue weighted by atomic mass is 15.2. The second kappa shape index (κ2) is 10.6. The smallest absolute Gasteiger partial charge is 0.0216 e. The lowest BCUT2D eigenvalue weighted by molar-refractivity contribution is 0.577. The highest BCUT2D eigenvalue weighted by molar-refractivity contribution is 4.72. The van der Waals surface area contributed by atoms with Crippen LogP contribution in [0.1, 0.15) is 27.2 Å². The van der Waals surface area contributed by atoms with Gasteiger partial charge in [-0.25, -0.2) is 0 Å². The van der Waals surface area contributed by atoms with Gasteiger partial charge < -0.3 is 0 Å². The molecule has 0 rings (SSSR count). The summed E-state index contributed by atoms with van der Waals surface area (Å²) in [4.78, 5) is 0. The van der Waals surface area contributed by atoms with Crippen molar-refractivity contribution >= 4 is 0 Å². The molecule has 3 N–H and O–H groups in total. The van der Waals surface area contributed by atoms with Gasteiger partial charge in [-0.05, 0) is 13.3 Å². The van der Waals surface area contributed by atoms with Crippen LogP contribution in [-0.2, 0) is 0 Å². The summed E-state index contributed by atoms with van der Waals surface area (Å²) in [6.07, 6.45) is 2.76. The molecule has 0 aromatic heterocycles. The quantitative estimate of drug-likeness (QED) is 0.344. The van der Waals surface area contributed by atoms with Gasteiger partial charge in [-0.1, -0.05) is 19.9 Å². The van der Waals surface area contributed by atoms with E-state index in [2.05, 4.69) is 12.0 Å². The van der Waals surface area contributed by atoms with Gasteiger partial charge in [-0.2, -0.15) is 0 Å². The molecule has 0 saturated carbocycles. The number of nitrogens with two attached hydrogens (primary N) is 1.